The van der Waals surface area contributed by atoms with Crippen LogP contribution in [0.3, 0.4) is 0 Å². The second kappa shape index (κ2) is 39.1. The molecule has 2 aliphatic heterocycles. The van der Waals surface area contributed by atoms with E-state index in [9.17, 15) is 33.6 Å². The van der Waals surface area contributed by atoms with Crippen molar-refractivity contribution in [3.63, 3.8) is 0 Å². The molecule has 8 heterocycles. The number of hydrogen-bond donors (Lipinski definition) is 9. The molecule has 6 aromatic heterocycles. The molecule has 29 heteroatoms. The summed E-state index contributed by atoms with van der Waals surface area (Å²) >= 11 is 0. The van der Waals surface area contributed by atoms with Gasteiger partial charge in [-0.2, -0.15) is 0 Å². The van der Waals surface area contributed by atoms with Crippen molar-refractivity contribution in [2.75, 3.05) is 100 Å². The van der Waals surface area contributed by atoms with Crippen LogP contribution in [-0.4, -0.2) is 139 Å². The van der Waals surface area contributed by atoms with E-state index in [0.29, 0.717) is 110 Å². The molecule has 0 aliphatic carbocycles. The van der Waals surface area contributed by atoms with Gasteiger partial charge in [0, 0.05) is 85.7 Å². The number of rotatable bonds is 13. The maximum atomic E-state index is 12.6. The molecule has 2 fully saturated rings. The molecule has 0 bridgehead atoms. The number of carbonyl (C=O) groups excluding carboxylic acids is 7. The number of amides is 7. The number of hydrogen-bond acceptors (Lipinski definition) is 22. The maximum absolute atomic E-state index is 12.6. The Morgan fingerprint density at radius 1 is 0.574 bits per heavy atom. The van der Waals surface area contributed by atoms with Crippen LogP contribution in [0.4, 0.5) is 72.9 Å². The number of nitrogens with one attached hydrogen (secondary N) is 3. The number of anilines is 11. The van der Waals surface area contributed by atoms with Gasteiger partial charge in [-0.3, -0.25) is 29.3 Å². The van der Waals surface area contributed by atoms with E-state index in [1.165, 1.54) is 19.3 Å². The van der Waals surface area contributed by atoms with Crippen molar-refractivity contribution in [3.8, 4) is 0 Å². The number of aromatic nitrogens is 6. The summed E-state index contributed by atoms with van der Waals surface area (Å²) < 4.78 is 16.0. The maximum Gasteiger partial charge on any atom is 0.412 e. The van der Waals surface area contributed by atoms with Crippen molar-refractivity contribution in [1.82, 2.24) is 39.7 Å². The number of nitrogen functional groups attached to an aromatic ring is 6. The molecule has 1 atom stereocenters. The first-order valence-electron chi connectivity index (χ1n) is 30.5. The highest BCUT2D eigenvalue weighted by Gasteiger charge is 2.32. The van der Waals surface area contributed by atoms with Crippen molar-refractivity contribution >= 4 is 105 Å². The van der Waals surface area contributed by atoms with E-state index in [-0.39, 0.29) is 47.7 Å². The lowest BCUT2D eigenvalue weighted by Crippen LogP contribution is -2.45. The molecule has 0 unspecified atom stereocenters. The number of ether oxygens (including phenoxy) is 3. The number of carbonyl (C=O) groups is 7. The summed E-state index contributed by atoms with van der Waals surface area (Å²) in [5.41, 5.74) is 36.0. The van der Waals surface area contributed by atoms with E-state index in [2.05, 4.69) is 45.9 Å². The van der Waals surface area contributed by atoms with Gasteiger partial charge < -0.3 is 78.8 Å². The fourth-order valence-electron chi connectivity index (χ4n) is 8.21. The molecule has 2 aliphatic rings. The summed E-state index contributed by atoms with van der Waals surface area (Å²) in [5.74, 6) is 2.62. The molecule has 0 aromatic carbocycles. The predicted molar refractivity (Wildman–Crippen MR) is 367 cm³/mol. The zero-order chi connectivity index (χ0) is 70.1. The second-order valence-corrected chi connectivity index (χ2v) is 23.5. The summed E-state index contributed by atoms with van der Waals surface area (Å²) in [6.07, 6.45) is 14.0. The summed E-state index contributed by atoms with van der Waals surface area (Å²) in [7, 11) is 3.45. The van der Waals surface area contributed by atoms with Gasteiger partial charge in [0.1, 0.15) is 46.1 Å². The molecule has 0 spiro atoms. The lowest BCUT2D eigenvalue weighted by molar-refractivity contribution is -0.131. The van der Waals surface area contributed by atoms with Gasteiger partial charge in [-0.25, -0.2) is 39.5 Å². The fraction of sp³-hybridized carbons (Fsp3) is 0.431. The van der Waals surface area contributed by atoms with Crippen LogP contribution in [0.25, 0.3) is 0 Å². The molecule has 2 saturated heterocycles. The monoisotopic (exact) mass is 1300 g/mol. The van der Waals surface area contributed by atoms with E-state index < -0.39 is 17.3 Å². The van der Waals surface area contributed by atoms with Gasteiger partial charge in [0.25, 0.3) is 0 Å². The van der Waals surface area contributed by atoms with Crippen LogP contribution in [0.1, 0.15) is 120 Å². The predicted octanol–water partition coefficient (Wildman–Crippen LogP) is 8.54. The van der Waals surface area contributed by atoms with Crippen molar-refractivity contribution in [3.05, 3.63) is 116 Å². The van der Waals surface area contributed by atoms with Crippen LogP contribution < -0.4 is 60.2 Å². The standard InChI is InChI=1S/C17H26N4O3.C13H19N3O2.C10H15N3O2.2C9H13N3O.C7H9N3O/c1-17(2,3)24-16(23)21-9-7-12(8-10-21)15(22)20(4)13-5-6-14(18)19-11-13;1-10(17)16(9-12-3-2-6-18-12)8-11-4-5-13(14)15-7-11;1-10(2,3)15-9(14)13-7-4-5-8(11)12-6-7;1-3-9(13)12(2)7-4-5-8(10)11-6-7;1-2-3-9(13)12-7-4-5-8(10)11-6-7;1-5(11)10-6-2-3-7(8)9-4-6/h5-6,11-12H,7-10H2,1-4H3,(H2,18,19);4-5,7,12H,2-3,6,8-9H2,1H3,(H2,14,15);4-6H,1-3H3,(H2,11,12)(H,13,14);4-6H,3H2,1-2H3,(H2,10,11);4-6H,2-3H2,1H3,(H2,10,11)(H,12,13);2-4H,1H3,(H2,8,9)(H,10,11)/t;12-;;;;/m.0..../s1. The molecule has 7 amide bonds. The van der Waals surface area contributed by atoms with E-state index in [4.69, 9.17) is 48.6 Å². The molecule has 8 rings (SSSR count). The third-order valence-corrected chi connectivity index (χ3v) is 13.0. The van der Waals surface area contributed by atoms with Gasteiger partial charge in [0.05, 0.1) is 65.5 Å². The van der Waals surface area contributed by atoms with Crippen LogP contribution in [0, 0.1) is 5.92 Å². The Morgan fingerprint density at radius 2 is 1.02 bits per heavy atom. The molecule has 0 radical (unpaired) electrons. The second-order valence-electron chi connectivity index (χ2n) is 23.5. The minimum absolute atomic E-state index is 0.00840. The number of pyridine rings is 6. The summed E-state index contributed by atoms with van der Waals surface area (Å²) in [6.45, 7) is 20.8. The van der Waals surface area contributed by atoms with Crippen LogP contribution >= 0.6 is 0 Å². The van der Waals surface area contributed by atoms with E-state index in [1.807, 2.05) is 40.7 Å². The molecular weight excluding hydrogens is 1210 g/mol. The van der Waals surface area contributed by atoms with Crippen molar-refractivity contribution in [2.45, 2.75) is 138 Å². The van der Waals surface area contributed by atoms with Crippen LogP contribution in [0.2, 0.25) is 0 Å². The van der Waals surface area contributed by atoms with Gasteiger partial charge >= 0.3 is 12.2 Å². The van der Waals surface area contributed by atoms with Gasteiger partial charge in [0.15, 0.2) is 0 Å². The Bertz CT molecular complexity index is 3280. The van der Waals surface area contributed by atoms with Crippen molar-refractivity contribution in [2.24, 2.45) is 5.92 Å². The Hall–Kier alpha value is -10.5. The Morgan fingerprint density at radius 3 is 1.40 bits per heavy atom. The number of nitrogens with zero attached hydrogens (tertiary/aromatic N) is 10. The molecule has 510 valence electrons. The van der Waals surface area contributed by atoms with Gasteiger partial charge in [0.2, 0.25) is 29.5 Å². The average Bonchev–Trinajstić information content (AvgIpc) is 0.983. The smallest absolute Gasteiger partial charge is 0.412 e. The van der Waals surface area contributed by atoms with E-state index >= 15 is 0 Å². The fourth-order valence-corrected chi connectivity index (χ4v) is 8.21. The molecule has 6 aromatic rings. The molecule has 15 N–H and O–H groups in total. The third-order valence-electron chi connectivity index (χ3n) is 13.0. The first kappa shape index (κ1) is 77.8. The van der Waals surface area contributed by atoms with Gasteiger partial charge in [-0.15, -0.1) is 0 Å². The van der Waals surface area contributed by atoms with Crippen molar-refractivity contribution < 1.29 is 47.8 Å². The Kier molecular flexibility index (Phi) is 32.3. The van der Waals surface area contributed by atoms with Gasteiger partial charge in [-0.1, -0.05) is 19.9 Å². The highest BCUT2D eigenvalue weighted by molar-refractivity contribution is 5.95. The number of nitrogens with two attached hydrogens (primary N) is 6. The Balaban J connectivity index is 0.000000300. The summed E-state index contributed by atoms with van der Waals surface area (Å²) in [5, 5.41) is 7.83. The van der Waals surface area contributed by atoms with Crippen LogP contribution in [-0.2, 0) is 44.7 Å². The molecule has 0 saturated carbocycles. The highest BCUT2D eigenvalue weighted by Crippen LogP contribution is 2.25. The normalized spacial score (nSPS) is 13.1. The quantitative estimate of drug-likeness (QED) is 0.0522. The average molecular weight is 1300 g/mol. The molecule has 94 heavy (non-hydrogen) atoms. The topological polar surface area (TPSA) is 430 Å². The van der Waals surface area contributed by atoms with Crippen LogP contribution in [0.5, 0.6) is 0 Å². The Labute approximate surface area is 550 Å². The minimum atomic E-state index is -0.509. The minimum Gasteiger partial charge on any atom is -0.444 e. The van der Waals surface area contributed by atoms with Crippen molar-refractivity contribution in [1.29, 1.82) is 0 Å². The first-order valence-corrected chi connectivity index (χ1v) is 30.5. The van der Waals surface area contributed by atoms with E-state index in [1.54, 1.807) is 153 Å². The van der Waals surface area contributed by atoms with Gasteiger partial charge in [-0.05, 0) is 146 Å². The first-order chi connectivity index (χ1) is 44.2. The number of likely N-dealkylation sites (tertiary alicyclic amines) is 1. The van der Waals surface area contributed by atoms with Crippen LogP contribution in [0.15, 0.2) is 110 Å². The zero-order valence-corrected chi connectivity index (χ0v) is 56.1. The molecular formula is C65H95N19O10. The van der Waals surface area contributed by atoms with E-state index in [0.717, 1.165) is 37.1 Å². The largest absolute Gasteiger partial charge is 0.444 e. The lowest BCUT2D eigenvalue weighted by atomic mass is 9.95. The summed E-state index contributed by atoms with van der Waals surface area (Å²) in [6, 6.07) is 20.5. The number of piperidine rings is 1. The third kappa shape index (κ3) is 31.5. The zero-order valence-electron chi connectivity index (χ0n) is 56.1. The lowest BCUT2D eigenvalue weighted by Gasteiger charge is -2.34. The summed E-state index contributed by atoms with van der Waals surface area (Å²) in [4.78, 5) is 111. The highest BCUT2D eigenvalue weighted by atomic mass is 16.6. The SMILES string of the molecule is CC(=O)N(Cc1ccc(N)nc1)C[C@@H]1CCCO1.CC(=O)Nc1ccc(N)nc1.CC(C)(C)OC(=O)Nc1ccc(N)nc1.CCC(=O)N(C)c1ccc(N)nc1.CCCC(=O)Nc1ccc(N)nc1.CN(C(=O)C1CCN(C(=O)OC(C)(C)C)CC1)c1ccc(N)nc1. The molecule has 29 nitrogen and oxygen atoms in total.